The summed E-state index contributed by atoms with van der Waals surface area (Å²) in [5.41, 5.74) is 5.84. The molecule has 18 heavy (non-hydrogen) atoms. The third-order valence-electron chi connectivity index (χ3n) is 4.97. The fourth-order valence-corrected chi connectivity index (χ4v) is 3.63. The summed E-state index contributed by atoms with van der Waals surface area (Å²) in [5, 5.41) is 3.03. The topological polar surface area (TPSA) is 55.1 Å². The minimum atomic E-state index is 0.111. The molecule has 3 heteroatoms. The zero-order valence-corrected chi connectivity index (χ0v) is 11.7. The highest BCUT2D eigenvalue weighted by molar-refractivity contribution is 5.78. The number of amides is 1. The average Bonchev–Trinajstić information content (AvgIpc) is 2.43. The molecule has 1 amide bonds. The van der Waals surface area contributed by atoms with Gasteiger partial charge in [0, 0.05) is 18.5 Å². The Bertz CT molecular complexity index is 280. The Morgan fingerprint density at radius 2 is 1.94 bits per heavy atom. The number of nitrogens with one attached hydrogen (secondary N) is 1. The Hall–Kier alpha value is -0.570. The maximum atomic E-state index is 12.1. The molecule has 0 radical (unpaired) electrons. The molecule has 2 rings (SSSR count). The van der Waals surface area contributed by atoms with Crippen LogP contribution in [0.4, 0.5) is 0 Å². The van der Waals surface area contributed by atoms with Crippen molar-refractivity contribution in [2.45, 2.75) is 64.3 Å². The Balaban J connectivity index is 1.77. The van der Waals surface area contributed by atoms with Crippen LogP contribution in [-0.2, 0) is 4.79 Å². The van der Waals surface area contributed by atoms with Gasteiger partial charge in [-0.15, -0.1) is 0 Å². The Morgan fingerprint density at radius 1 is 1.22 bits per heavy atom. The number of hydrogen-bond acceptors (Lipinski definition) is 2. The van der Waals surface area contributed by atoms with Crippen LogP contribution >= 0.6 is 0 Å². The Kier molecular flexibility index (Phi) is 5.04. The van der Waals surface area contributed by atoms with Crippen molar-refractivity contribution in [2.24, 2.45) is 23.5 Å². The predicted molar refractivity (Wildman–Crippen MR) is 74.1 cm³/mol. The fourth-order valence-electron chi connectivity index (χ4n) is 3.63. The first-order chi connectivity index (χ1) is 8.70. The number of nitrogens with two attached hydrogens (primary N) is 1. The first-order valence-corrected chi connectivity index (χ1v) is 7.74. The largest absolute Gasteiger partial charge is 0.354 e. The smallest absolute Gasteiger partial charge is 0.223 e. The molecule has 0 aromatic rings. The monoisotopic (exact) mass is 252 g/mol. The van der Waals surface area contributed by atoms with Crippen LogP contribution in [0.5, 0.6) is 0 Å². The van der Waals surface area contributed by atoms with Gasteiger partial charge in [-0.2, -0.15) is 0 Å². The van der Waals surface area contributed by atoms with Crippen molar-refractivity contribution in [1.82, 2.24) is 5.32 Å². The fraction of sp³-hybridized carbons (Fsp3) is 0.933. The van der Waals surface area contributed by atoms with Crippen molar-refractivity contribution in [3.63, 3.8) is 0 Å². The van der Waals surface area contributed by atoms with Gasteiger partial charge < -0.3 is 11.1 Å². The number of hydrogen-bond donors (Lipinski definition) is 2. The van der Waals surface area contributed by atoms with Gasteiger partial charge in [0.25, 0.3) is 0 Å². The molecule has 0 aromatic carbocycles. The SMILES string of the molecule is CCC(N)CNC(=O)C1CCC2CCCCC2C1. The van der Waals surface area contributed by atoms with E-state index in [-0.39, 0.29) is 17.9 Å². The van der Waals surface area contributed by atoms with Gasteiger partial charge in [0.1, 0.15) is 0 Å². The molecule has 0 saturated heterocycles. The van der Waals surface area contributed by atoms with Gasteiger partial charge in [-0.1, -0.05) is 32.6 Å². The molecule has 3 N–H and O–H groups in total. The quantitative estimate of drug-likeness (QED) is 0.807. The molecule has 2 aliphatic rings. The second-order valence-corrected chi connectivity index (χ2v) is 6.23. The molecule has 0 aromatic heterocycles. The number of carbonyl (C=O) groups excluding carboxylic acids is 1. The zero-order chi connectivity index (χ0) is 13.0. The third-order valence-corrected chi connectivity index (χ3v) is 4.97. The van der Waals surface area contributed by atoms with Gasteiger partial charge in [0.15, 0.2) is 0 Å². The van der Waals surface area contributed by atoms with E-state index in [4.69, 9.17) is 5.73 Å². The molecule has 4 unspecified atom stereocenters. The van der Waals surface area contributed by atoms with E-state index in [1.807, 2.05) is 0 Å². The Morgan fingerprint density at radius 3 is 2.67 bits per heavy atom. The van der Waals surface area contributed by atoms with E-state index >= 15 is 0 Å². The van der Waals surface area contributed by atoms with E-state index in [9.17, 15) is 4.79 Å². The molecular formula is C15H28N2O. The highest BCUT2D eigenvalue weighted by Crippen LogP contribution is 2.42. The highest BCUT2D eigenvalue weighted by Gasteiger charge is 2.34. The van der Waals surface area contributed by atoms with Crippen LogP contribution in [0.15, 0.2) is 0 Å². The molecule has 0 bridgehead atoms. The summed E-state index contributed by atoms with van der Waals surface area (Å²) in [6.45, 7) is 2.70. The lowest BCUT2D eigenvalue weighted by atomic mass is 9.67. The predicted octanol–water partition coefficient (Wildman–Crippen LogP) is 2.45. The zero-order valence-electron chi connectivity index (χ0n) is 11.7. The van der Waals surface area contributed by atoms with Crippen molar-refractivity contribution in [3.8, 4) is 0 Å². The van der Waals surface area contributed by atoms with Crippen LogP contribution in [0.2, 0.25) is 0 Å². The van der Waals surface area contributed by atoms with Crippen LogP contribution in [0, 0.1) is 17.8 Å². The summed E-state index contributed by atoms with van der Waals surface area (Å²) >= 11 is 0. The van der Waals surface area contributed by atoms with E-state index < -0.39 is 0 Å². The van der Waals surface area contributed by atoms with Crippen molar-refractivity contribution in [2.75, 3.05) is 6.54 Å². The van der Waals surface area contributed by atoms with Gasteiger partial charge in [-0.05, 0) is 37.5 Å². The summed E-state index contributed by atoms with van der Waals surface area (Å²) in [4.78, 5) is 12.1. The lowest BCUT2D eigenvalue weighted by molar-refractivity contribution is -0.127. The molecule has 4 atom stereocenters. The third kappa shape index (κ3) is 3.47. The number of fused-ring (bicyclic) bond motifs is 1. The van der Waals surface area contributed by atoms with Gasteiger partial charge in [0.2, 0.25) is 5.91 Å². The standard InChI is InChI=1S/C15H28N2O/c1-2-14(16)10-17-15(18)13-8-7-11-5-3-4-6-12(11)9-13/h11-14H,2-10,16H2,1H3,(H,17,18). The van der Waals surface area contributed by atoms with E-state index in [1.165, 1.54) is 32.1 Å². The van der Waals surface area contributed by atoms with Crippen molar-refractivity contribution in [1.29, 1.82) is 0 Å². The van der Waals surface area contributed by atoms with Gasteiger partial charge in [-0.25, -0.2) is 0 Å². The van der Waals surface area contributed by atoms with Crippen molar-refractivity contribution < 1.29 is 4.79 Å². The van der Waals surface area contributed by atoms with Crippen molar-refractivity contribution >= 4 is 5.91 Å². The molecule has 2 aliphatic carbocycles. The summed E-state index contributed by atoms with van der Waals surface area (Å²) < 4.78 is 0. The van der Waals surface area contributed by atoms with Crippen LogP contribution in [-0.4, -0.2) is 18.5 Å². The highest BCUT2D eigenvalue weighted by atomic mass is 16.1. The summed E-state index contributed by atoms with van der Waals surface area (Å²) in [6.07, 6.45) is 9.94. The molecule has 0 heterocycles. The number of carbonyl (C=O) groups is 1. The lowest BCUT2D eigenvalue weighted by Gasteiger charge is -2.38. The molecule has 3 nitrogen and oxygen atoms in total. The van der Waals surface area contributed by atoms with E-state index in [2.05, 4.69) is 12.2 Å². The summed E-state index contributed by atoms with van der Waals surface area (Å²) in [6, 6.07) is 0.111. The molecule has 0 spiro atoms. The summed E-state index contributed by atoms with van der Waals surface area (Å²) in [5.74, 6) is 2.25. The second-order valence-electron chi connectivity index (χ2n) is 6.23. The van der Waals surface area contributed by atoms with Crippen molar-refractivity contribution in [3.05, 3.63) is 0 Å². The van der Waals surface area contributed by atoms with Gasteiger partial charge >= 0.3 is 0 Å². The van der Waals surface area contributed by atoms with Crippen LogP contribution in [0.3, 0.4) is 0 Å². The molecular weight excluding hydrogens is 224 g/mol. The first kappa shape index (κ1) is 13.9. The second kappa shape index (κ2) is 6.55. The maximum absolute atomic E-state index is 12.1. The number of rotatable bonds is 4. The normalized spacial score (nSPS) is 33.6. The van der Waals surface area contributed by atoms with E-state index in [0.717, 1.165) is 31.1 Å². The minimum Gasteiger partial charge on any atom is -0.354 e. The van der Waals surface area contributed by atoms with E-state index in [0.29, 0.717) is 6.54 Å². The van der Waals surface area contributed by atoms with Gasteiger partial charge in [0.05, 0.1) is 0 Å². The van der Waals surface area contributed by atoms with Gasteiger partial charge in [-0.3, -0.25) is 4.79 Å². The molecule has 2 fully saturated rings. The summed E-state index contributed by atoms with van der Waals surface area (Å²) in [7, 11) is 0. The molecule has 2 saturated carbocycles. The minimum absolute atomic E-state index is 0.111. The Labute approximate surface area is 111 Å². The van der Waals surface area contributed by atoms with E-state index in [1.54, 1.807) is 0 Å². The van der Waals surface area contributed by atoms with Crippen LogP contribution < -0.4 is 11.1 Å². The lowest BCUT2D eigenvalue weighted by Crippen LogP contribution is -2.42. The molecule has 0 aliphatic heterocycles. The average molecular weight is 252 g/mol. The molecule has 104 valence electrons. The maximum Gasteiger partial charge on any atom is 0.223 e. The van der Waals surface area contributed by atoms with Crippen LogP contribution in [0.1, 0.15) is 58.3 Å². The first-order valence-electron chi connectivity index (χ1n) is 7.74. The van der Waals surface area contributed by atoms with Crippen LogP contribution in [0.25, 0.3) is 0 Å².